The Morgan fingerprint density at radius 1 is 0.966 bits per heavy atom. The minimum absolute atomic E-state index is 0.0395. The van der Waals surface area contributed by atoms with Crippen molar-refractivity contribution in [3.63, 3.8) is 0 Å². The molecule has 1 aromatic rings. The molecule has 320 valence electrons. The summed E-state index contributed by atoms with van der Waals surface area (Å²) in [6.45, 7) is 11.9. The minimum atomic E-state index is -2.40. The van der Waals surface area contributed by atoms with E-state index in [2.05, 4.69) is 0 Å². The van der Waals surface area contributed by atoms with Gasteiger partial charge >= 0.3 is 11.9 Å². The van der Waals surface area contributed by atoms with Crippen molar-refractivity contribution >= 4 is 11.9 Å². The minimum Gasteiger partial charge on any atom is -0.458 e. The first kappa shape index (κ1) is 42.0. The number of ether oxygens (including phenoxy) is 5. The Balaban J connectivity index is 1.33. The van der Waals surface area contributed by atoms with E-state index in [4.69, 9.17) is 23.7 Å². The molecule has 13 nitrogen and oxygen atoms in total. The summed E-state index contributed by atoms with van der Waals surface area (Å²) in [4.78, 5) is 26.8. The van der Waals surface area contributed by atoms with Crippen LogP contribution in [0.3, 0.4) is 0 Å². The highest BCUT2D eigenvalue weighted by molar-refractivity contribution is 5.82. The lowest BCUT2D eigenvalue weighted by Crippen LogP contribution is -2.84. The van der Waals surface area contributed by atoms with Gasteiger partial charge < -0.3 is 54.3 Å². The number of carbonyl (C=O) groups is 2. The predicted octanol–water partition coefficient (Wildman–Crippen LogP) is 3.06. The van der Waals surface area contributed by atoms with Crippen molar-refractivity contribution in [2.24, 2.45) is 47.3 Å². The van der Waals surface area contributed by atoms with E-state index in [-0.39, 0.29) is 48.9 Å². The fourth-order valence-electron chi connectivity index (χ4n) is 12.9. The summed E-state index contributed by atoms with van der Waals surface area (Å²) in [6.07, 6.45) is -0.401. The van der Waals surface area contributed by atoms with Crippen LogP contribution in [0.2, 0.25) is 0 Å². The largest absolute Gasteiger partial charge is 0.458 e. The van der Waals surface area contributed by atoms with Crippen molar-refractivity contribution in [3.05, 3.63) is 60.2 Å². The van der Waals surface area contributed by atoms with Crippen LogP contribution in [0.5, 0.6) is 0 Å². The van der Waals surface area contributed by atoms with Crippen molar-refractivity contribution < 1.29 is 63.9 Å². The van der Waals surface area contributed by atoms with Crippen LogP contribution >= 0.6 is 0 Å². The lowest BCUT2D eigenvalue weighted by molar-refractivity contribution is -0.465. The highest BCUT2D eigenvalue weighted by Crippen LogP contribution is 2.72. The molecular weight excluding hydrogens is 748 g/mol. The SMILES string of the molecule is CC(C)CC(=O)O[C@@H]1/C=C/C=C/C(=O)O[C@H]2[C@@H](C)C[C@@H]3[C@]2(O)[C@H](O)[C@@]2(CO)O[C@H]2[C@H]2[C@@H](O)[C@@](O)([C@H]4OC(C)(c5ccccc5)O[C@]23[C@@H]4C)[C@](C)(O)C[C@H]2CC[C@H]1[C@H]2C. The zero-order valence-corrected chi connectivity index (χ0v) is 34.6. The Kier molecular flexibility index (Phi) is 10.3. The van der Waals surface area contributed by atoms with E-state index < -0.39 is 107 Å². The number of fused-ring (bicyclic) bond motifs is 6. The van der Waals surface area contributed by atoms with Crippen LogP contribution in [0.25, 0.3) is 0 Å². The van der Waals surface area contributed by atoms with E-state index in [1.54, 1.807) is 32.9 Å². The summed E-state index contributed by atoms with van der Waals surface area (Å²) < 4.78 is 32.7. The van der Waals surface area contributed by atoms with Crippen molar-refractivity contribution in [1.82, 2.24) is 0 Å². The van der Waals surface area contributed by atoms with Crippen LogP contribution in [0.4, 0.5) is 0 Å². The first-order valence-corrected chi connectivity index (χ1v) is 21.2. The average Bonchev–Trinajstić information content (AvgIpc) is 3.72. The molecule has 9 bridgehead atoms. The van der Waals surface area contributed by atoms with Crippen molar-refractivity contribution in [2.75, 3.05) is 6.61 Å². The quantitative estimate of drug-likeness (QED) is 0.187. The molecule has 1 aromatic carbocycles. The highest BCUT2D eigenvalue weighted by Gasteiger charge is 2.88. The number of aliphatic hydroxyl groups excluding tert-OH is 3. The number of epoxide rings is 1. The van der Waals surface area contributed by atoms with Gasteiger partial charge in [-0.25, -0.2) is 4.79 Å². The smallest absolute Gasteiger partial charge is 0.331 e. The van der Waals surface area contributed by atoms with Gasteiger partial charge in [0.1, 0.15) is 47.3 Å². The summed E-state index contributed by atoms with van der Waals surface area (Å²) in [5, 5.41) is 76.2. The Morgan fingerprint density at radius 3 is 2.34 bits per heavy atom. The lowest BCUT2D eigenvalue weighted by Gasteiger charge is -2.69. The number of carbonyl (C=O) groups excluding carboxylic acids is 2. The molecule has 58 heavy (non-hydrogen) atoms. The van der Waals surface area contributed by atoms with E-state index >= 15 is 0 Å². The van der Waals surface area contributed by atoms with Gasteiger partial charge in [0.05, 0.1) is 23.9 Å². The van der Waals surface area contributed by atoms with Gasteiger partial charge in [-0.05, 0) is 69.3 Å². The van der Waals surface area contributed by atoms with Gasteiger partial charge in [-0.15, -0.1) is 0 Å². The first-order chi connectivity index (χ1) is 27.2. The fourth-order valence-corrected chi connectivity index (χ4v) is 12.9. The number of benzene rings is 1. The molecule has 0 aromatic heterocycles. The maximum Gasteiger partial charge on any atom is 0.331 e. The van der Waals surface area contributed by atoms with Crippen LogP contribution in [0.15, 0.2) is 54.6 Å². The van der Waals surface area contributed by atoms with Crippen molar-refractivity contribution in [3.8, 4) is 0 Å². The van der Waals surface area contributed by atoms with Gasteiger partial charge in [0.15, 0.2) is 5.79 Å². The second-order valence-electron chi connectivity index (χ2n) is 19.6. The number of allylic oxidation sites excluding steroid dienone is 2. The lowest BCUT2D eigenvalue weighted by atomic mass is 9.50. The molecule has 13 heteroatoms. The van der Waals surface area contributed by atoms with E-state index in [1.165, 1.54) is 19.1 Å². The summed E-state index contributed by atoms with van der Waals surface area (Å²) in [5.74, 6) is -6.96. The zero-order valence-electron chi connectivity index (χ0n) is 34.6. The van der Waals surface area contributed by atoms with Crippen LogP contribution in [-0.4, -0.2) is 114 Å². The van der Waals surface area contributed by atoms with Crippen LogP contribution in [0, 0.1) is 47.3 Å². The van der Waals surface area contributed by atoms with Crippen LogP contribution in [0.1, 0.15) is 86.1 Å². The molecule has 9 rings (SSSR count). The van der Waals surface area contributed by atoms with Gasteiger partial charge in [-0.2, -0.15) is 0 Å². The maximum atomic E-state index is 13.7. The first-order valence-electron chi connectivity index (χ1n) is 21.2. The van der Waals surface area contributed by atoms with Gasteiger partial charge in [0.25, 0.3) is 0 Å². The summed E-state index contributed by atoms with van der Waals surface area (Å²) in [7, 11) is 0. The molecule has 19 atom stereocenters. The van der Waals surface area contributed by atoms with Crippen molar-refractivity contribution in [1.29, 1.82) is 0 Å². The van der Waals surface area contributed by atoms with E-state index in [9.17, 15) is 40.2 Å². The van der Waals surface area contributed by atoms with E-state index in [0.29, 0.717) is 18.4 Å². The number of hydrogen-bond donors (Lipinski definition) is 6. The monoisotopic (exact) mass is 810 g/mol. The molecule has 4 saturated carbocycles. The highest BCUT2D eigenvalue weighted by atomic mass is 16.7. The molecule has 1 spiro atoms. The molecule has 6 fully saturated rings. The van der Waals surface area contributed by atoms with E-state index in [1.807, 2.05) is 51.1 Å². The topological polar surface area (TPSA) is 205 Å². The number of rotatable bonds is 5. The molecule has 2 saturated heterocycles. The Labute approximate surface area is 340 Å². The Hall–Kier alpha value is -2.72. The third-order valence-corrected chi connectivity index (χ3v) is 15.8. The molecule has 1 unspecified atom stereocenters. The summed E-state index contributed by atoms with van der Waals surface area (Å²) in [5.41, 5.74) is -9.65. The average molecular weight is 811 g/mol. The fraction of sp³-hybridized carbons (Fsp3) is 0.733. The third-order valence-electron chi connectivity index (χ3n) is 15.8. The normalized spacial score (nSPS) is 53.1. The second kappa shape index (κ2) is 14.2. The predicted molar refractivity (Wildman–Crippen MR) is 207 cm³/mol. The van der Waals surface area contributed by atoms with Crippen LogP contribution in [-0.2, 0) is 39.1 Å². The number of hydrogen-bond acceptors (Lipinski definition) is 13. The third kappa shape index (κ3) is 5.81. The molecule has 6 N–H and O–H groups in total. The molecule has 4 heterocycles. The molecule has 8 aliphatic rings. The van der Waals surface area contributed by atoms with Gasteiger partial charge in [0.2, 0.25) is 0 Å². The van der Waals surface area contributed by atoms with Gasteiger partial charge in [0, 0.05) is 41.7 Å². The molecule has 0 amide bonds. The number of aliphatic hydroxyl groups is 6. The molecule has 4 aliphatic heterocycles. The van der Waals surface area contributed by atoms with Crippen LogP contribution < -0.4 is 0 Å². The Morgan fingerprint density at radius 2 is 1.67 bits per heavy atom. The van der Waals surface area contributed by atoms with Gasteiger partial charge in [-0.1, -0.05) is 77.1 Å². The Bertz CT molecular complexity index is 1820. The standard InChI is InChI=1S/C45H62O13/c1-23(2)19-33(48)54-30-15-11-12-16-32(47)55-36-24(3)20-31-43(36,52)39(50)42(22-46)38(57-42)34-35(49)45(53,40(6,51)21-27-17-18-29(30)25(27)4)37-26(5)44(31,34)58-41(7,56-37)28-13-9-8-10-14-28/h8-16,23-27,29-31,34-39,46,49-53H,17-22H2,1-7H3/b15-11+,16-12+/t24-,25-,26+,27+,29-,30+,31+,34+,35+,36-,37-,38-,39+,40+,41?,42-,43+,44-,45+/m0/s1. The second-order valence-corrected chi connectivity index (χ2v) is 19.6. The molecular formula is C45H62O13. The van der Waals surface area contributed by atoms with Crippen molar-refractivity contribution in [2.45, 2.75) is 151 Å². The summed E-state index contributed by atoms with van der Waals surface area (Å²) in [6, 6.07) is 9.08. The summed E-state index contributed by atoms with van der Waals surface area (Å²) >= 11 is 0. The molecule has 0 radical (unpaired) electrons. The number of esters is 2. The maximum absolute atomic E-state index is 13.7. The zero-order chi connectivity index (χ0) is 42.0. The van der Waals surface area contributed by atoms with E-state index in [0.717, 1.165) is 0 Å². The molecule has 4 aliphatic carbocycles. The van der Waals surface area contributed by atoms with Gasteiger partial charge in [-0.3, -0.25) is 4.79 Å².